The lowest BCUT2D eigenvalue weighted by molar-refractivity contribution is -0.385. The van der Waals surface area contributed by atoms with Crippen LogP contribution in [0.1, 0.15) is 109 Å². The minimum absolute atomic E-state index is 0.0134. The van der Waals surface area contributed by atoms with Gasteiger partial charge in [0.1, 0.15) is 22.3 Å². The van der Waals surface area contributed by atoms with E-state index in [1.54, 1.807) is 56.0 Å². The molecular formula is C54H77F4N9O15. The minimum atomic E-state index is -4.64. The van der Waals surface area contributed by atoms with Gasteiger partial charge in [0.15, 0.2) is 0 Å². The number of ether oxygens (including phenoxy) is 4. The van der Waals surface area contributed by atoms with Crippen molar-refractivity contribution in [1.29, 1.82) is 0 Å². The Bertz CT molecular complexity index is 2570. The second-order valence-electron chi connectivity index (χ2n) is 19.5. The number of piperazine rings is 3. The predicted octanol–water partition coefficient (Wildman–Crippen LogP) is 9.15. The molecule has 0 N–H and O–H groups in total. The van der Waals surface area contributed by atoms with Gasteiger partial charge in [0.05, 0.1) is 43.1 Å². The topological polar surface area (TPSA) is 271 Å². The van der Waals surface area contributed by atoms with Gasteiger partial charge in [0, 0.05) is 112 Å². The van der Waals surface area contributed by atoms with Crippen LogP contribution in [0.5, 0.6) is 0 Å². The first-order valence-electron chi connectivity index (χ1n) is 27.1. The number of nitro benzene ring substituents is 3. The van der Waals surface area contributed by atoms with Gasteiger partial charge in [-0.25, -0.2) is 19.2 Å². The second kappa shape index (κ2) is 33.2. The third kappa shape index (κ3) is 21.3. The fourth-order valence-corrected chi connectivity index (χ4v) is 8.94. The van der Waals surface area contributed by atoms with Crippen molar-refractivity contribution in [1.82, 2.24) is 14.7 Å². The van der Waals surface area contributed by atoms with Crippen LogP contribution in [0, 0.1) is 30.3 Å². The summed E-state index contributed by atoms with van der Waals surface area (Å²) in [7, 11) is -1.00. The Morgan fingerprint density at radius 3 is 1.11 bits per heavy atom. The molecule has 3 heterocycles. The maximum Gasteiger partial charge on any atom is 0.446 e. The van der Waals surface area contributed by atoms with Crippen molar-refractivity contribution in [3.05, 3.63) is 102 Å². The van der Waals surface area contributed by atoms with E-state index in [4.69, 9.17) is 25.1 Å². The maximum atomic E-state index is 12.3. The Kier molecular flexibility index (Phi) is 27.8. The van der Waals surface area contributed by atoms with E-state index in [0.29, 0.717) is 25.3 Å². The van der Waals surface area contributed by atoms with Gasteiger partial charge in [0.25, 0.3) is 17.1 Å². The summed E-state index contributed by atoms with van der Waals surface area (Å²) in [5.41, 5.74) is 0.977. The first-order chi connectivity index (χ1) is 39.0. The average molecular weight is 1170 g/mol. The zero-order valence-electron chi connectivity index (χ0n) is 49.3. The van der Waals surface area contributed by atoms with Crippen LogP contribution in [0.3, 0.4) is 0 Å². The van der Waals surface area contributed by atoms with Crippen LogP contribution in [0.2, 0.25) is 0 Å². The van der Waals surface area contributed by atoms with Gasteiger partial charge in [-0.15, -0.1) is 0 Å². The van der Waals surface area contributed by atoms with Crippen molar-refractivity contribution in [2.24, 2.45) is 0 Å². The highest BCUT2D eigenvalue weighted by atomic mass is 19.4. The number of rotatable bonds is 14. The van der Waals surface area contributed by atoms with Gasteiger partial charge >= 0.3 is 30.2 Å². The van der Waals surface area contributed by atoms with E-state index in [9.17, 15) is 67.1 Å². The summed E-state index contributed by atoms with van der Waals surface area (Å²) < 4.78 is 67.0. The number of nitro groups is 3. The summed E-state index contributed by atoms with van der Waals surface area (Å²) in [6.07, 6.45) is -6.07. The number of amides is 1. The van der Waals surface area contributed by atoms with E-state index in [1.807, 2.05) is 32.6 Å². The molecule has 3 atom stereocenters. The van der Waals surface area contributed by atoms with Crippen LogP contribution in [0.4, 0.5) is 56.5 Å². The van der Waals surface area contributed by atoms with Gasteiger partial charge in [-0.05, 0) is 112 Å². The predicted molar refractivity (Wildman–Crippen MR) is 299 cm³/mol. The average Bonchev–Trinajstić information content (AvgIpc) is 3.61. The number of carbonyl (C=O) groups is 5. The molecule has 28 heteroatoms. The van der Waals surface area contributed by atoms with Crippen LogP contribution >= 0.6 is 0 Å². The Labute approximate surface area is 476 Å². The lowest BCUT2D eigenvalue weighted by atomic mass is 10.1. The smallest absolute Gasteiger partial charge is 0.446 e. The molecule has 6 rings (SSSR count). The van der Waals surface area contributed by atoms with Crippen molar-refractivity contribution in [3.8, 4) is 0 Å². The van der Waals surface area contributed by atoms with E-state index in [-0.39, 0.29) is 77.8 Å². The second-order valence-corrected chi connectivity index (χ2v) is 19.5. The Morgan fingerprint density at radius 2 is 0.878 bits per heavy atom. The maximum absolute atomic E-state index is 12.3. The molecule has 0 saturated carbocycles. The van der Waals surface area contributed by atoms with Crippen LogP contribution in [-0.4, -0.2) is 189 Å². The molecule has 0 aromatic heterocycles. The molecular weight excluding hydrogens is 1090 g/mol. The molecule has 3 aliphatic heterocycles. The number of aldehydes is 1. The van der Waals surface area contributed by atoms with Crippen LogP contribution in [0.25, 0.3) is 0 Å². The summed E-state index contributed by atoms with van der Waals surface area (Å²) in [4.78, 5) is 102. The standard InChI is InChI=1S/C19H27N3O6.2C16H23N3O4.C2HF3O.CH3F/c1-6-27-17(23)15-11-14(7-8-16(15)22(25)26)21-10-9-20(12-13(21)2)18(24)28-19(3,4)5;2*1-4-17-8-9-18(12(3)11-17)13-6-7-15(19(21)22)14(10-13)16(20)23-5-2;3-2(4,5)1-6;1-2/h7-8,11,13H,6,9-10,12H2,1-5H3;2*6-7,10,12H,4-5,8-9,11H2,1-3H3;1H;1H3/t13-;2*12-;;/m111../s1/i;;;;1D. The number of esters is 3. The Balaban J connectivity index is 0.000000397. The molecule has 0 unspecified atom stereocenters. The Hall–Kier alpha value is -7.75. The largest absolute Gasteiger partial charge is 0.462 e. The number of anilines is 3. The van der Waals surface area contributed by atoms with E-state index in [2.05, 4.69) is 47.3 Å². The van der Waals surface area contributed by atoms with Gasteiger partial charge in [-0.1, -0.05) is 13.8 Å². The molecule has 3 saturated heterocycles. The molecule has 3 aromatic carbocycles. The Morgan fingerprint density at radius 1 is 0.585 bits per heavy atom. The lowest BCUT2D eigenvalue weighted by Crippen LogP contribution is -2.54. The fraction of sp³-hybridized carbons (Fsp3) is 0.574. The first-order valence-corrected chi connectivity index (χ1v) is 26.4. The van der Waals surface area contributed by atoms with E-state index < -0.39 is 57.9 Å². The number of hydrogen-bond donors (Lipinski definition) is 0. The third-order valence-electron chi connectivity index (χ3n) is 12.7. The van der Waals surface area contributed by atoms with E-state index in [1.165, 1.54) is 24.3 Å². The SMILES string of the molecule is CCOC(=O)c1cc(N2CCN(C(=O)OC(C)(C)C)C[C@H]2C)ccc1[N+](=O)[O-].CCOC(=O)c1cc(N2CCN(CC)C[C@H]2C)ccc1[N+](=O)[O-].CCOC(=O)c1cc(N2CCN(CC)C[C@H]2C)ccc1[N+](=O)[O-].O=CC(F)(F)F.[2H]CF. The number of benzene rings is 3. The van der Waals surface area contributed by atoms with Crippen molar-refractivity contribution in [3.63, 3.8) is 0 Å². The summed E-state index contributed by atoms with van der Waals surface area (Å²) in [6.45, 7) is 30.2. The van der Waals surface area contributed by atoms with Gasteiger partial charge in [-0.3, -0.25) is 49.3 Å². The van der Waals surface area contributed by atoms with Crippen molar-refractivity contribution < 1.29 is 76.6 Å². The number of hydrogen-bond acceptors (Lipinski definition) is 20. The molecule has 82 heavy (non-hydrogen) atoms. The number of likely N-dealkylation sites (N-methyl/N-ethyl adjacent to an activating group) is 2. The zero-order valence-corrected chi connectivity index (χ0v) is 48.3. The van der Waals surface area contributed by atoms with Crippen LogP contribution in [0.15, 0.2) is 54.6 Å². The summed E-state index contributed by atoms with van der Waals surface area (Å²) in [6, 6.07) is 14.3. The fourth-order valence-electron chi connectivity index (χ4n) is 8.94. The summed E-state index contributed by atoms with van der Waals surface area (Å²) >= 11 is 0. The molecule has 0 aliphatic carbocycles. The highest BCUT2D eigenvalue weighted by molar-refractivity contribution is 5.96. The highest BCUT2D eigenvalue weighted by Gasteiger charge is 2.33. The van der Waals surface area contributed by atoms with Gasteiger partial charge < -0.3 is 38.5 Å². The lowest BCUT2D eigenvalue weighted by Gasteiger charge is -2.41. The molecule has 1 amide bonds. The van der Waals surface area contributed by atoms with E-state index in [0.717, 1.165) is 63.7 Å². The van der Waals surface area contributed by atoms with Crippen molar-refractivity contribution in [2.45, 2.75) is 106 Å². The molecule has 456 valence electrons. The van der Waals surface area contributed by atoms with Crippen LogP contribution < -0.4 is 14.7 Å². The van der Waals surface area contributed by atoms with Gasteiger partial charge in [-0.2, -0.15) is 13.2 Å². The minimum Gasteiger partial charge on any atom is -0.462 e. The first kappa shape index (κ1) is 68.5. The number of halogens is 4. The monoisotopic (exact) mass is 1170 g/mol. The van der Waals surface area contributed by atoms with E-state index >= 15 is 0 Å². The molecule has 3 fully saturated rings. The molecule has 0 spiro atoms. The van der Waals surface area contributed by atoms with Crippen LogP contribution in [-0.2, 0) is 23.7 Å². The molecule has 0 bridgehead atoms. The molecule has 24 nitrogen and oxygen atoms in total. The van der Waals surface area contributed by atoms with Crippen molar-refractivity contribution >= 4 is 64.4 Å². The molecule has 3 aromatic rings. The summed E-state index contributed by atoms with van der Waals surface area (Å²) in [5.74, 6) is -2.03. The van der Waals surface area contributed by atoms with Gasteiger partial charge in [0.2, 0.25) is 6.29 Å². The quantitative estimate of drug-likeness (QED) is 0.0363. The van der Waals surface area contributed by atoms with Crippen molar-refractivity contribution in [2.75, 3.05) is 114 Å². The molecule has 0 radical (unpaired) electrons. The number of carbonyl (C=O) groups excluding carboxylic acids is 5. The zero-order chi connectivity index (χ0) is 62.9. The normalized spacial score (nSPS) is 17.5. The summed E-state index contributed by atoms with van der Waals surface area (Å²) in [5, 5.41) is 33.5. The highest BCUT2D eigenvalue weighted by Crippen LogP contribution is 2.32. The third-order valence-corrected chi connectivity index (χ3v) is 12.7. The number of alkyl halides is 4. The molecule has 3 aliphatic rings. The number of nitrogens with zero attached hydrogens (tertiary/aromatic N) is 9.